The predicted molar refractivity (Wildman–Crippen MR) is 124 cm³/mol. The molecule has 32 heavy (non-hydrogen) atoms. The predicted octanol–water partition coefficient (Wildman–Crippen LogP) is 3.83. The van der Waals surface area contributed by atoms with E-state index in [4.69, 9.17) is 5.26 Å². The van der Waals surface area contributed by atoms with Crippen LogP contribution in [0.1, 0.15) is 40.2 Å². The summed E-state index contributed by atoms with van der Waals surface area (Å²) in [6, 6.07) is 28.0. The third-order valence-corrected chi connectivity index (χ3v) is 6.56. The Morgan fingerprint density at radius 3 is 1.94 bits per heavy atom. The molecule has 0 aliphatic rings. The molecule has 0 saturated carbocycles. The van der Waals surface area contributed by atoms with Gasteiger partial charge < -0.3 is 5.32 Å². The first-order valence-corrected chi connectivity index (χ1v) is 11.8. The van der Waals surface area contributed by atoms with Crippen LogP contribution >= 0.6 is 0 Å². The first-order chi connectivity index (χ1) is 15.5. The van der Waals surface area contributed by atoms with Gasteiger partial charge in [-0.05, 0) is 41.8 Å². The molecular weight excluding hydrogens is 422 g/mol. The maximum Gasteiger partial charge on any atom is 0.251 e. The SMILES string of the molecule is N#CCCNS(=O)(=O)c1ccc(C(=O)NCCC(c2ccccc2)c2ccccc2)cc1. The fraction of sp³-hybridized carbons (Fsp3) is 0.200. The van der Waals surface area contributed by atoms with E-state index in [1.165, 1.54) is 35.4 Å². The minimum Gasteiger partial charge on any atom is -0.352 e. The van der Waals surface area contributed by atoms with E-state index in [1.54, 1.807) is 0 Å². The molecule has 7 heteroatoms. The van der Waals surface area contributed by atoms with Gasteiger partial charge in [-0.3, -0.25) is 4.79 Å². The summed E-state index contributed by atoms with van der Waals surface area (Å²) in [4.78, 5) is 12.6. The number of nitriles is 1. The molecule has 0 bridgehead atoms. The van der Waals surface area contributed by atoms with Gasteiger partial charge in [0.1, 0.15) is 0 Å². The Labute approximate surface area is 189 Å². The number of nitrogens with zero attached hydrogens (tertiary/aromatic N) is 1. The smallest absolute Gasteiger partial charge is 0.251 e. The van der Waals surface area contributed by atoms with E-state index in [0.717, 1.165) is 6.42 Å². The summed E-state index contributed by atoms with van der Waals surface area (Å²) in [5.41, 5.74) is 2.76. The highest BCUT2D eigenvalue weighted by Gasteiger charge is 2.16. The Morgan fingerprint density at radius 2 is 1.41 bits per heavy atom. The number of sulfonamides is 1. The van der Waals surface area contributed by atoms with Crippen LogP contribution in [0.3, 0.4) is 0 Å². The van der Waals surface area contributed by atoms with Gasteiger partial charge in [-0.25, -0.2) is 13.1 Å². The van der Waals surface area contributed by atoms with Gasteiger partial charge in [0, 0.05) is 31.0 Å². The number of amides is 1. The van der Waals surface area contributed by atoms with Crippen LogP contribution in [0, 0.1) is 11.3 Å². The summed E-state index contributed by atoms with van der Waals surface area (Å²) in [6.07, 6.45) is 0.821. The van der Waals surface area contributed by atoms with Gasteiger partial charge in [0.05, 0.1) is 11.0 Å². The number of nitrogens with one attached hydrogen (secondary N) is 2. The topological polar surface area (TPSA) is 99.1 Å². The highest BCUT2D eigenvalue weighted by molar-refractivity contribution is 7.89. The minimum atomic E-state index is -3.70. The maximum absolute atomic E-state index is 12.6. The second kappa shape index (κ2) is 11.2. The molecule has 0 fully saturated rings. The summed E-state index contributed by atoms with van der Waals surface area (Å²) in [5.74, 6) is -0.101. The number of benzene rings is 3. The van der Waals surface area contributed by atoms with Crippen LogP contribution in [0.25, 0.3) is 0 Å². The molecule has 164 valence electrons. The fourth-order valence-corrected chi connectivity index (χ4v) is 4.47. The molecule has 0 aliphatic carbocycles. The van der Waals surface area contributed by atoms with Crippen molar-refractivity contribution < 1.29 is 13.2 Å². The third kappa shape index (κ3) is 6.27. The molecule has 1 amide bonds. The monoisotopic (exact) mass is 447 g/mol. The van der Waals surface area contributed by atoms with Crippen molar-refractivity contribution in [1.82, 2.24) is 10.0 Å². The fourth-order valence-electron chi connectivity index (χ4n) is 3.44. The van der Waals surface area contributed by atoms with Crippen LogP contribution < -0.4 is 10.0 Å². The molecule has 0 unspecified atom stereocenters. The molecule has 6 nitrogen and oxygen atoms in total. The zero-order valence-corrected chi connectivity index (χ0v) is 18.4. The van der Waals surface area contributed by atoms with Gasteiger partial charge in [0.15, 0.2) is 0 Å². The molecule has 0 aliphatic heterocycles. The Kier molecular flexibility index (Phi) is 8.14. The third-order valence-electron chi connectivity index (χ3n) is 5.08. The summed E-state index contributed by atoms with van der Waals surface area (Å²) in [6.45, 7) is 0.522. The molecule has 0 heterocycles. The number of hydrogen-bond donors (Lipinski definition) is 2. The van der Waals surface area contributed by atoms with Crippen LogP contribution in [0.4, 0.5) is 0 Å². The molecule has 3 aromatic rings. The van der Waals surface area contributed by atoms with E-state index in [-0.39, 0.29) is 29.7 Å². The average molecular weight is 448 g/mol. The Hall–Kier alpha value is -3.47. The Morgan fingerprint density at radius 1 is 0.844 bits per heavy atom. The number of rotatable bonds is 10. The molecule has 0 spiro atoms. The van der Waals surface area contributed by atoms with Gasteiger partial charge in [-0.2, -0.15) is 5.26 Å². The highest BCUT2D eigenvalue weighted by atomic mass is 32.2. The van der Waals surface area contributed by atoms with E-state index >= 15 is 0 Å². The van der Waals surface area contributed by atoms with Crippen LogP contribution in [-0.2, 0) is 10.0 Å². The van der Waals surface area contributed by atoms with Crippen molar-refractivity contribution in [2.24, 2.45) is 0 Å². The first-order valence-electron chi connectivity index (χ1n) is 10.4. The van der Waals surface area contributed by atoms with Gasteiger partial charge in [0.25, 0.3) is 5.91 Å². The molecule has 0 aromatic heterocycles. The standard InChI is InChI=1S/C25H25N3O3S/c26-17-7-18-28-32(30,31)23-14-12-22(13-15-23)25(29)27-19-16-24(20-8-3-1-4-9-20)21-10-5-2-6-11-21/h1-6,8-15,24,28H,7,16,18-19H2,(H,27,29). The van der Waals surface area contributed by atoms with Crippen LogP contribution in [0.5, 0.6) is 0 Å². The van der Waals surface area contributed by atoms with Gasteiger partial charge in [-0.1, -0.05) is 60.7 Å². The molecule has 0 saturated heterocycles. The maximum atomic E-state index is 12.6. The van der Waals surface area contributed by atoms with E-state index in [2.05, 4.69) is 34.3 Å². The second-order valence-corrected chi connectivity index (χ2v) is 9.02. The van der Waals surface area contributed by atoms with Crippen molar-refractivity contribution in [2.75, 3.05) is 13.1 Å². The van der Waals surface area contributed by atoms with Crippen molar-refractivity contribution in [1.29, 1.82) is 5.26 Å². The number of carbonyl (C=O) groups is 1. The molecule has 3 rings (SSSR count). The van der Waals surface area contributed by atoms with Crippen molar-refractivity contribution in [3.63, 3.8) is 0 Å². The number of carbonyl (C=O) groups excluding carboxylic acids is 1. The summed E-state index contributed by atoms with van der Waals surface area (Å²) >= 11 is 0. The van der Waals surface area contributed by atoms with Gasteiger partial charge in [0.2, 0.25) is 10.0 Å². The Bertz CT molecular complexity index is 1120. The van der Waals surface area contributed by atoms with Crippen molar-refractivity contribution in [2.45, 2.75) is 23.7 Å². The molecule has 0 atom stereocenters. The summed E-state index contributed by atoms with van der Waals surface area (Å²) in [5, 5.41) is 11.5. The van der Waals surface area contributed by atoms with Gasteiger partial charge in [-0.15, -0.1) is 0 Å². The van der Waals surface area contributed by atoms with Crippen molar-refractivity contribution >= 4 is 15.9 Å². The molecular formula is C25H25N3O3S. The highest BCUT2D eigenvalue weighted by Crippen LogP contribution is 2.27. The average Bonchev–Trinajstić information content (AvgIpc) is 2.83. The largest absolute Gasteiger partial charge is 0.352 e. The van der Waals surface area contributed by atoms with Crippen molar-refractivity contribution in [3.05, 3.63) is 102 Å². The van der Waals surface area contributed by atoms with E-state index in [1.807, 2.05) is 42.5 Å². The van der Waals surface area contributed by atoms with Crippen molar-refractivity contribution in [3.8, 4) is 6.07 Å². The number of hydrogen-bond acceptors (Lipinski definition) is 4. The zero-order chi connectivity index (χ0) is 22.8. The molecule has 0 radical (unpaired) electrons. The Balaban J connectivity index is 1.61. The second-order valence-electron chi connectivity index (χ2n) is 7.25. The van der Waals surface area contributed by atoms with Crippen LogP contribution in [0.15, 0.2) is 89.8 Å². The molecule has 2 N–H and O–H groups in total. The van der Waals surface area contributed by atoms with E-state index in [0.29, 0.717) is 12.1 Å². The lowest BCUT2D eigenvalue weighted by atomic mass is 9.88. The quantitative estimate of drug-likeness (QED) is 0.462. The first kappa shape index (κ1) is 23.2. The lowest BCUT2D eigenvalue weighted by Gasteiger charge is -2.18. The van der Waals surface area contributed by atoms with E-state index < -0.39 is 10.0 Å². The minimum absolute atomic E-state index is 0.0467. The summed E-state index contributed by atoms with van der Waals surface area (Å²) < 4.78 is 26.7. The zero-order valence-electron chi connectivity index (χ0n) is 17.6. The summed E-state index contributed by atoms with van der Waals surface area (Å²) in [7, 11) is -3.70. The van der Waals surface area contributed by atoms with E-state index in [9.17, 15) is 13.2 Å². The normalized spacial score (nSPS) is 11.1. The molecule has 3 aromatic carbocycles. The lowest BCUT2D eigenvalue weighted by Crippen LogP contribution is -2.26. The van der Waals surface area contributed by atoms with Crippen LogP contribution in [0.2, 0.25) is 0 Å². The van der Waals surface area contributed by atoms with Crippen LogP contribution in [-0.4, -0.2) is 27.4 Å². The lowest BCUT2D eigenvalue weighted by molar-refractivity contribution is 0.0952. The van der Waals surface area contributed by atoms with Gasteiger partial charge >= 0.3 is 0 Å².